The number of thiophene rings is 1. The van der Waals surface area contributed by atoms with Crippen LogP contribution in [0.5, 0.6) is 0 Å². The highest BCUT2D eigenvalue weighted by atomic mass is 32.1. The molecule has 0 fully saturated rings. The molecule has 0 atom stereocenters. The van der Waals surface area contributed by atoms with E-state index in [-0.39, 0.29) is 0 Å². The lowest BCUT2D eigenvalue weighted by Crippen LogP contribution is -2.10. The average Bonchev–Trinajstić information content (AvgIpc) is 3.25. The molecule has 1 N–H and O–H groups in total. The molecule has 3 heterocycles. The van der Waals surface area contributed by atoms with Gasteiger partial charge in [0.2, 0.25) is 0 Å². The Morgan fingerprint density at radius 3 is 2.25 bits per heavy atom. The fourth-order valence-electron chi connectivity index (χ4n) is 3.68. The smallest absolute Gasteiger partial charge is 0.181 e. The Kier molecular flexibility index (Phi) is 5.87. The third kappa shape index (κ3) is 3.98. The summed E-state index contributed by atoms with van der Waals surface area (Å²) < 4.78 is 5.26. The topological polar surface area (TPSA) is 59.9 Å². The number of benzene rings is 2. The summed E-state index contributed by atoms with van der Waals surface area (Å²) in [5.41, 5.74) is 4.20. The molecule has 0 unspecified atom stereocenters. The van der Waals surface area contributed by atoms with Crippen molar-refractivity contribution in [3.8, 4) is 33.1 Å². The van der Waals surface area contributed by atoms with E-state index in [2.05, 4.69) is 58.8 Å². The summed E-state index contributed by atoms with van der Waals surface area (Å²) in [6.45, 7) is 1.23. The molecular weight excluding hydrogens is 416 g/mol. The van der Waals surface area contributed by atoms with E-state index in [0.717, 1.165) is 38.4 Å². The van der Waals surface area contributed by atoms with Crippen LogP contribution in [-0.4, -0.2) is 35.2 Å². The molecule has 0 spiro atoms. The summed E-state index contributed by atoms with van der Waals surface area (Å²) in [6.07, 6.45) is 1.76. The van der Waals surface area contributed by atoms with Crippen molar-refractivity contribution in [2.24, 2.45) is 0 Å². The number of pyridine rings is 1. The zero-order chi connectivity index (χ0) is 21.8. The van der Waals surface area contributed by atoms with Gasteiger partial charge in [0.1, 0.15) is 16.3 Å². The van der Waals surface area contributed by atoms with E-state index in [1.54, 1.807) is 24.6 Å². The van der Waals surface area contributed by atoms with Crippen LogP contribution in [0.2, 0.25) is 0 Å². The summed E-state index contributed by atoms with van der Waals surface area (Å²) in [5.74, 6) is 1.41. The Morgan fingerprint density at radius 2 is 1.56 bits per heavy atom. The van der Waals surface area contributed by atoms with Crippen LogP contribution in [0.3, 0.4) is 0 Å². The van der Waals surface area contributed by atoms with Crippen LogP contribution in [0, 0.1) is 0 Å². The Balaban J connectivity index is 1.79. The third-order valence-corrected chi connectivity index (χ3v) is 6.28. The van der Waals surface area contributed by atoms with E-state index in [0.29, 0.717) is 19.0 Å². The Bertz CT molecular complexity index is 1320. The number of fused-ring (bicyclic) bond motifs is 1. The fourth-order valence-corrected chi connectivity index (χ4v) is 4.88. The number of anilines is 1. The van der Waals surface area contributed by atoms with Gasteiger partial charge >= 0.3 is 0 Å². The maximum atomic E-state index is 5.26. The number of rotatable bonds is 7. The zero-order valence-corrected chi connectivity index (χ0v) is 18.5. The summed E-state index contributed by atoms with van der Waals surface area (Å²) in [4.78, 5) is 16.4. The maximum Gasteiger partial charge on any atom is 0.181 e. The molecule has 3 aromatic heterocycles. The van der Waals surface area contributed by atoms with Crippen molar-refractivity contribution >= 4 is 27.4 Å². The van der Waals surface area contributed by atoms with Gasteiger partial charge in [0.25, 0.3) is 0 Å². The molecule has 2 aromatic carbocycles. The van der Waals surface area contributed by atoms with Gasteiger partial charge in [-0.3, -0.25) is 4.98 Å². The van der Waals surface area contributed by atoms with Crippen molar-refractivity contribution in [1.82, 2.24) is 15.0 Å². The highest BCUT2D eigenvalue weighted by molar-refractivity contribution is 7.22. The molecule has 0 radical (unpaired) electrons. The van der Waals surface area contributed by atoms with Gasteiger partial charge in [0.05, 0.1) is 12.0 Å². The van der Waals surface area contributed by atoms with Gasteiger partial charge in [0.15, 0.2) is 5.82 Å². The van der Waals surface area contributed by atoms with E-state index in [4.69, 9.17) is 14.7 Å². The summed E-state index contributed by atoms with van der Waals surface area (Å²) in [7, 11) is 1.70. The van der Waals surface area contributed by atoms with E-state index >= 15 is 0 Å². The predicted octanol–water partition coefficient (Wildman–Crippen LogP) is 6.15. The number of hydrogen-bond acceptors (Lipinski definition) is 6. The van der Waals surface area contributed by atoms with Gasteiger partial charge in [0, 0.05) is 30.3 Å². The zero-order valence-electron chi connectivity index (χ0n) is 17.7. The second-order valence-electron chi connectivity index (χ2n) is 7.25. The largest absolute Gasteiger partial charge is 0.383 e. The van der Waals surface area contributed by atoms with E-state index < -0.39 is 0 Å². The first-order valence-corrected chi connectivity index (χ1v) is 11.3. The van der Waals surface area contributed by atoms with Crippen LogP contribution in [0.1, 0.15) is 0 Å². The number of hydrogen-bond donors (Lipinski definition) is 1. The van der Waals surface area contributed by atoms with Gasteiger partial charge in [-0.1, -0.05) is 66.7 Å². The van der Waals surface area contributed by atoms with Crippen LogP contribution < -0.4 is 5.32 Å². The fraction of sp³-hybridized carbons (Fsp3) is 0.115. The molecule has 0 amide bonds. The molecule has 5 aromatic rings. The molecular formula is C26H22N4OS. The van der Waals surface area contributed by atoms with Crippen LogP contribution in [0.25, 0.3) is 43.3 Å². The van der Waals surface area contributed by atoms with E-state index in [1.165, 1.54) is 4.88 Å². The maximum absolute atomic E-state index is 5.26. The van der Waals surface area contributed by atoms with Crippen molar-refractivity contribution in [1.29, 1.82) is 0 Å². The quantitative estimate of drug-likeness (QED) is 0.309. The minimum atomic E-state index is 0.584. The molecule has 5 nitrogen and oxygen atoms in total. The SMILES string of the molecule is COCCNc1nc(-c2ccccn2)nc2sc(-c3ccccc3)c(-c3ccccc3)c12. The van der Waals surface area contributed by atoms with E-state index in [1.807, 2.05) is 30.3 Å². The van der Waals surface area contributed by atoms with Crippen molar-refractivity contribution in [2.45, 2.75) is 0 Å². The monoisotopic (exact) mass is 438 g/mol. The molecule has 0 aliphatic heterocycles. The highest BCUT2D eigenvalue weighted by Gasteiger charge is 2.22. The first-order chi connectivity index (χ1) is 15.8. The number of aromatic nitrogens is 3. The van der Waals surface area contributed by atoms with Crippen LogP contribution in [-0.2, 0) is 4.74 Å². The van der Waals surface area contributed by atoms with Crippen molar-refractivity contribution in [2.75, 3.05) is 25.6 Å². The number of nitrogens with zero attached hydrogens (tertiary/aromatic N) is 3. The molecule has 32 heavy (non-hydrogen) atoms. The van der Waals surface area contributed by atoms with Crippen molar-refractivity contribution in [3.63, 3.8) is 0 Å². The van der Waals surface area contributed by atoms with Gasteiger partial charge in [-0.15, -0.1) is 11.3 Å². The standard InChI is InChI=1S/C26H22N4OS/c1-31-17-16-28-25-22-21(18-10-4-2-5-11-18)23(19-12-6-3-7-13-19)32-26(22)30-24(29-25)20-14-8-9-15-27-20/h2-15H,16-17H2,1H3,(H,28,29,30). The van der Waals surface area contributed by atoms with Crippen LogP contribution >= 0.6 is 11.3 Å². The second-order valence-corrected chi connectivity index (χ2v) is 8.25. The lowest BCUT2D eigenvalue weighted by molar-refractivity contribution is 0.210. The van der Waals surface area contributed by atoms with Gasteiger partial charge in [-0.05, 0) is 23.3 Å². The molecule has 0 aliphatic rings. The lowest BCUT2D eigenvalue weighted by Gasteiger charge is -2.11. The summed E-state index contributed by atoms with van der Waals surface area (Å²) in [6, 6.07) is 26.7. The van der Waals surface area contributed by atoms with Crippen LogP contribution in [0.4, 0.5) is 5.82 Å². The predicted molar refractivity (Wildman–Crippen MR) is 132 cm³/mol. The van der Waals surface area contributed by atoms with Crippen LogP contribution in [0.15, 0.2) is 85.1 Å². The molecule has 0 bridgehead atoms. The Morgan fingerprint density at radius 1 is 0.844 bits per heavy atom. The van der Waals surface area contributed by atoms with Gasteiger partial charge in [-0.25, -0.2) is 9.97 Å². The summed E-state index contributed by atoms with van der Waals surface area (Å²) in [5, 5.41) is 4.50. The third-order valence-electron chi connectivity index (χ3n) is 5.14. The number of methoxy groups -OCH3 is 1. The van der Waals surface area contributed by atoms with Gasteiger partial charge in [-0.2, -0.15) is 0 Å². The lowest BCUT2D eigenvalue weighted by atomic mass is 9.99. The number of nitrogens with one attached hydrogen (secondary N) is 1. The number of ether oxygens (including phenoxy) is 1. The van der Waals surface area contributed by atoms with Crippen molar-refractivity contribution in [3.05, 3.63) is 85.1 Å². The average molecular weight is 439 g/mol. The summed E-state index contributed by atoms with van der Waals surface area (Å²) >= 11 is 1.68. The Hall–Kier alpha value is -3.61. The molecule has 0 aliphatic carbocycles. The first kappa shape index (κ1) is 20.3. The first-order valence-electron chi connectivity index (χ1n) is 10.4. The molecule has 5 rings (SSSR count). The molecule has 0 saturated heterocycles. The van der Waals surface area contributed by atoms with E-state index in [9.17, 15) is 0 Å². The normalized spacial score (nSPS) is 11.0. The minimum absolute atomic E-state index is 0.584. The van der Waals surface area contributed by atoms with Gasteiger partial charge < -0.3 is 10.1 Å². The van der Waals surface area contributed by atoms with Crippen molar-refractivity contribution < 1.29 is 4.74 Å². The molecule has 0 saturated carbocycles. The minimum Gasteiger partial charge on any atom is -0.383 e. The molecule has 158 valence electrons. The second kappa shape index (κ2) is 9.26. The Labute approximate surface area is 190 Å². The highest BCUT2D eigenvalue weighted by Crippen LogP contribution is 2.46. The molecule has 6 heteroatoms.